The molecule has 9 heteroatoms. The molecule has 0 amide bonds. The third-order valence-corrected chi connectivity index (χ3v) is 3.66. The van der Waals surface area contributed by atoms with Gasteiger partial charge in [0.15, 0.2) is 11.5 Å². The molecule has 0 radical (unpaired) electrons. The maximum Gasteiger partial charge on any atom is 0.434 e. The fourth-order valence-electron chi connectivity index (χ4n) is 2.02. The first-order valence-electron chi connectivity index (χ1n) is 5.77. The monoisotopic (exact) mass is 312 g/mol. The van der Waals surface area contributed by atoms with Gasteiger partial charge in [-0.25, -0.2) is 4.68 Å². The van der Waals surface area contributed by atoms with E-state index in [4.69, 9.17) is 0 Å². The van der Waals surface area contributed by atoms with Crippen LogP contribution in [0.5, 0.6) is 0 Å². The number of nitrogens with zero attached hydrogens (tertiary/aromatic N) is 4. The molecule has 21 heavy (non-hydrogen) atoms. The molecule has 0 aliphatic rings. The third kappa shape index (κ3) is 2.19. The van der Waals surface area contributed by atoms with Gasteiger partial charge >= 0.3 is 6.18 Å². The molecule has 0 atom stereocenters. The van der Waals surface area contributed by atoms with E-state index >= 15 is 0 Å². The Labute approximate surface area is 120 Å². The van der Waals surface area contributed by atoms with Crippen molar-refractivity contribution in [2.24, 2.45) is 0 Å². The Bertz CT molecular complexity index is 837. The lowest BCUT2D eigenvalue weighted by Crippen LogP contribution is -2.16. The topological polar surface area (TPSA) is 60.7 Å². The van der Waals surface area contributed by atoms with E-state index < -0.39 is 23.2 Å². The molecule has 0 unspecified atom stereocenters. The first-order chi connectivity index (χ1) is 9.89. The number of carbonyl (C=O) groups excluding carboxylic acids is 1. The summed E-state index contributed by atoms with van der Waals surface area (Å²) in [4.78, 5) is 11.4. The van der Waals surface area contributed by atoms with Gasteiger partial charge in [0.25, 0.3) is 0 Å². The van der Waals surface area contributed by atoms with Gasteiger partial charge in [0.2, 0.25) is 0 Å². The van der Waals surface area contributed by atoms with Gasteiger partial charge in [-0.15, -0.1) is 5.10 Å². The third-order valence-electron chi connectivity index (χ3n) is 2.90. The summed E-state index contributed by atoms with van der Waals surface area (Å²) in [5, 5.41) is 7.55. The van der Waals surface area contributed by atoms with Crippen molar-refractivity contribution in [3.8, 4) is 5.69 Å². The van der Waals surface area contributed by atoms with E-state index in [1.807, 2.05) is 0 Å². The Balaban J connectivity index is 2.33. The minimum atomic E-state index is -4.70. The fourth-order valence-corrected chi connectivity index (χ4v) is 2.68. The van der Waals surface area contributed by atoms with Crippen molar-refractivity contribution in [3.05, 3.63) is 35.7 Å². The molecule has 108 valence electrons. The standard InChI is InChI=1S/C12H7F3N4OS/c1-6(20)7-5-16-19(11(7)12(13,14)15)9-4-2-3-8-10(9)21-18-17-8/h2-5H,1H3. The minimum Gasteiger partial charge on any atom is -0.294 e. The Kier molecular flexibility index (Phi) is 3.01. The number of carbonyl (C=O) groups is 1. The van der Waals surface area contributed by atoms with Crippen LogP contribution in [0.15, 0.2) is 24.4 Å². The first-order valence-corrected chi connectivity index (χ1v) is 6.54. The van der Waals surface area contributed by atoms with Crippen molar-refractivity contribution < 1.29 is 18.0 Å². The predicted molar refractivity (Wildman–Crippen MR) is 69.5 cm³/mol. The van der Waals surface area contributed by atoms with Crippen LogP contribution in [-0.4, -0.2) is 25.2 Å². The molecule has 5 nitrogen and oxygen atoms in total. The summed E-state index contributed by atoms with van der Waals surface area (Å²) < 4.78 is 44.7. The maximum absolute atomic E-state index is 13.3. The normalized spacial score (nSPS) is 12.0. The lowest BCUT2D eigenvalue weighted by atomic mass is 10.1. The summed E-state index contributed by atoms with van der Waals surface area (Å²) in [7, 11) is 0. The van der Waals surface area contributed by atoms with Crippen molar-refractivity contribution in [2.45, 2.75) is 13.1 Å². The fraction of sp³-hybridized carbons (Fsp3) is 0.167. The van der Waals surface area contributed by atoms with Gasteiger partial charge in [-0.05, 0) is 30.6 Å². The maximum atomic E-state index is 13.3. The summed E-state index contributed by atoms with van der Waals surface area (Å²) in [6.45, 7) is 1.07. The first kappa shape index (κ1) is 13.7. The highest BCUT2D eigenvalue weighted by Crippen LogP contribution is 2.35. The van der Waals surface area contributed by atoms with Crippen LogP contribution in [0.3, 0.4) is 0 Å². The molecular weight excluding hydrogens is 305 g/mol. The van der Waals surface area contributed by atoms with Crippen molar-refractivity contribution in [1.82, 2.24) is 19.4 Å². The minimum absolute atomic E-state index is 0.197. The molecule has 3 aromatic rings. The van der Waals surface area contributed by atoms with Gasteiger partial charge in [0.05, 0.1) is 17.4 Å². The number of halogens is 3. The predicted octanol–water partition coefficient (Wildman–Crippen LogP) is 3.10. The Morgan fingerprint density at radius 1 is 1.33 bits per heavy atom. The van der Waals surface area contributed by atoms with E-state index in [0.717, 1.165) is 29.3 Å². The zero-order valence-electron chi connectivity index (χ0n) is 10.5. The highest BCUT2D eigenvalue weighted by molar-refractivity contribution is 7.13. The second-order valence-electron chi connectivity index (χ2n) is 4.27. The number of hydrogen-bond acceptors (Lipinski definition) is 5. The van der Waals surface area contributed by atoms with E-state index in [2.05, 4.69) is 14.7 Å². The second-order valence-corrected chi connectivity index (χ2v) is 5.03. The SMILES string of the molecule is CC(=O)c1cnn(-c2cccc3nnsc23)c1C(F)(F)F. The van der Waals surface area contributed by atoms with Crippen molar-refractivity contribution in [1.29, 1.82) is 0 Å². The molecule has 1 aromatic carbocycles. The molecule has 0 aliphatic heterocycles. The highest BCUT2D eigenvalue weighted by Gasteiger charge is 2.40. The summed E-state index contributed by atoms with van der Waals surface area (Å²) in [6.07, 6.45) is -3.77. The van der Waals surface area contributed by atoms with Gasteiger partial charge in [0.1, 0.15) is 10.2 Å². The Morgan fingerprint density at radius 2 is 2.10 bits per heavy atom. The number of Topliss-reactive ketones (excluding diaryl/α,β-unsaturated/α-hetero) is 1. The van der Waals surface area contributed by atoms with Gasteiger partial charge < -0.3 is 0 Å². The highest BCUT2D eigenvalue weighted by atomic mass is 32.1. The quantitative estimate of drug-likeness (QED) is 0.682. The van der Waals surface area contributed by atoms with Crippen LogP contribution in [0.2, 0.25) is 0 Å². The van der Waals surface area contributed by atoms with Gasteiger partial charge in [0, 0.05) is 0 Å². The lowest BCUT2D eigenvalue weighted by Gasteiger charge is -2.12. The van der Waals surface area contributed by atoms with Crippen LogP contribution in [0.1, 0.15) is 23.0 Å². The molecule has 2 heterocycles. The number of rotatable bonds is 2. The molecule has 0 N–H and O–H groups in total. The van der Waals surface area contributed by atoms with Crippen molar-refractivity contribution in [2.75, 3.05) is 0 Å². The van der Waals surface area contributed by atoms with Crippen molar-refractivity contribution in [3.63, 3.8) is 0 Å². The molecular formula is C12H7F3N4OS. The molecule has 0 aliphatic carbocycles. The summed E-state index contributed by atoms with van der Waals surface area (Å²) in [5.74, 6) is -0.692. The van der Waals surface area contributed by atoms with Crippen LogP contribution in [0, 0.1) is 0 Å². The zero-order chi connectivity index (χ0) is 15.2. The summed E-state index contributed by atoms with van der Waals surface area (Å²) >= 11 is 0.972. The van der Waals surface area contributed by atoms with Crippen LogP contribution >= 0.6 is 11.5 Å². The lowest BCUT2D eigenvalue weighted by molar-refractivity contribution is -0.143. The second kappa shape index (κ2) is 4.62. The van der Waals surface area contributed by atoms with Gasteiger partial charge in [-0.3, -0.25) is 4.79 Å². The Morgan fingerprint density at radius 3 is 2.76 bits per heavy atom. The average molecular weight is 312 g/mol. The van der Waals surface area contributed by atoms with Crippen LogP contribution in [0.4, 0.5) is 13.2 Å². The number of fused-ring (bicyclic) bond motifs is 1. The number of benzene rings is 1. The molecule has 2 aromatic heterocycles. The van der Waals surface area contributed by atoms with Crippen molar-refractivity contribution >= 4 is 27.5 Å². The molecule has 0 fully saturated rings. The molecule has 3 rings (SSSR count). The number of hydrogen-bond donors (Lipinski definition) is 0. The van der Waals surface area contributed by atoms with Crippen LogP contribution in [0.25, 0.3) is 15.9 Å². The molecule has 0 saturated carbocycles. The van der Waals surface area contributed by atoms with Gasteiger partial charge in [-0.1, -0.05) is 10.6 Å². The van der Waals surface area contributed by atoms with Crippen LogP contribution < -0.4 is 0 Å². The molecule has 0 saturated heterocycles. The zero-order valence-corrected chi connectivity index (χ0v) is 11.4. The average Bonchev–Trinajstić information content (AvgIpc) is 3.04. The number of aromatic nitrogens is 4. The Hall–Kier alpha value is -2.29. The van der Waals surface area contributed by atoms with E-state index in [9.17, 15) is 18.0 Å². The van der Waals surface area contributed by atoms with E-state index in [-0.39, 0.29) is 5.69 Å². The smallest absolute Gasteiger partial charge is 0.294 e. The van der Waals surface area contributed by atoms with Crippen LogP contribution in [-0.2, 0) is 6.18 Å². The molecule has 0 spiro atoms. The van der Waals surface area contributed by atoms with E-state index in [0.29, 0.717) is 10.2 Å². The largest absolute Gasteiger partial charge is 0.434 e. The van der Waals surface area contributed by atoms with E-state index in [1.54, 1.807) is 12.1 Å². The van der Waals surface area contributed by atoms with Gasteiger partial charge in [-0.2, -0.15) is 18.3 Å². The molecule has 0 bridgehead atoms. The number of ketones is 1. The summed E-state index contributed by atoms with van der Waals surface area (Å²) in [6, 6.07) is 4.69. The number of alkyl halides is 3. The summed E-state index contributed by atoms with van der Waals surface area (Å²) in [5.41, 5.74) is -0.874. The van der Waals surface area contributed by atoms with E-state index in [1.165, 1.54) is 6.07 Å².